The number of aryl methyl sites for hydroxylation is 1. The van der Waals surface area contributed by atoms with Crippen molar-refractivity contribution in [2.45, 2.75) is 32.9 Å². The Morgan fingerprint density at radius 2 is 2.35 bits per heavy atom. The molecule has 92 valence electrons. The summed E-state index contributed by atoms with van der Waals surface area (Å²) in [6.07, 6.45) is 4.08. The van der Waals surface area contributed by atoms with Gasteiger partial charge in [-0.1, -0.05) is 6.92 Å². The van der Waals surface area contributed by atoms with Crippen LogP contribution in [-0.4, -0.2) is 36.7 Å². The number of nitrogens with one attached hydrogen (secondary N) is 2. The molecule has 0 amide bonds. The molecule has 1 atom stereocenters. The Morgan fingerprint density at radius 1 is 1.47 bits per heavy atom. The zero-order valence-electron chi connectivity index (χ0n) is 10.1. The van der Waals surface area contributed by atoms with Crippen LogP contribution >= 0.6 is 0 Å². The van der Waals surface area contributed by atoms with Crippen molar-refractivity contribution in [2.75, 3.05) is 6.54 Å². The van der Waals surface area contributed by atoms with Gasteiger partial charge in [-0.25, -0.2) is 4.98 Å². The molecule has 0 saturated heterocycles. The number of hydrogen-bond donors (Lipinski definition) is 2. The predicted molar refractivity (Wildman–Crippen MR) is 62.2 cm³/mol. The number of aromatic nitrogens is 6. The Morgan fingerprint density at radius 3 is 3.00 bits per heavy atom. The molecule has 7 nitrogen and oxygen atoms in total. The van der Waals surface area contributed by atoms with Gasteiger partial charge in [0, 0.05) is 13.0 Å². The maximum atomic E-state index is 4.27. The van der Waals surface area contributed by atoms with Crippen LogP contribution in [0.3, 0.4) is 0 Å². The molecule has 0 radical (unpaired) electrons. The minimum absolute atomic E-state index is 0.119. The summed E-state index contributed by atoms with van der Waals surface area (Å²) in [7, 11) is 0. The number of nitrogens with zero attached hydrogens (tertiary/aromatic N) is 5. The Hall–Kier alpha value is -1.76. The molecule has 0 spiro atoms. The average Bonchev–Trinajstić information content (AvgIpc) is 2.99. The van der Waals surface area contributed by atoms with Crippen molar-refractivity contribution in [1.29, 1.82) is 0 Å². The molecule has 0 aliphatic rings. The van der Waals surface area contributed by atoms with E-state index in [2.05, 4.69) is 44.7 Å². The van der Waals surface area contributed by atoms with Crippen molar-refractivity contribution in [2.24, 2.45) is 0 Å². The Labute approximate surface area is 99.6 Å². The summed E-state index contributed by atoms with van der Waals surface area (Å²) in [6, 6.07) is 0.119. The Kier molecular flexibility index (Phi) is 3.81. The van der Waals surface area contributed by atoms with E-state index in [-0.39, 0.29) is 6.04 Å². The maximum absolute atomic E-state index is 4.27. The lowest BCUT2D eigenvalue weighted by atomic mass is 10.1. The van der Waals surface area contributed by atoms with E-state index in [1.165, 1.54) is 0 Å². The summed E-state index contributed by atoms with van der Waals surface area (Å²) in [5.41, 5.74) is 0.900. The maximum Gasteiger partial charge on any atom is 0.138 e. The van der Waals surface area contributed by atoms with Crippen LogP contribution in [0.15, 0.2) is 12.5 Å². The third-order valence-corrected chi connectivity index (χ3v) is 2.62. The van der Waals surface area contributed by atoms with E-state index in [0.717, 1.165) is 31.0 Å². The van der Waals surface area contributed by atoms with Crippen molar-refractivity contribution in [1.82, 2.24) is 35.5 Å². The van der Waals surface area contributed by atoms with Gasteiger partial charge in [-0.3, -0.25) is 4.68 Å². The van der Waals surface area contributed by atoms with Crippen LogP contribution in [-0.2, 0) is 13.0 Å². The lowest BCUT2D eigenvalue weighted by Crippen LogP contribution is -2.24. The summed E-state index contributed by atoms with van der Waals surface area (Å²) in [5.74, 6) is 0.960. The van der Waals surface area contributed by atoms with E-state index in [0.29, 0.717) is 0 Å². The first-order chi connectivity index (χ1) is 8.35. The third-order valence-electron chi connectivity index (χ3n) is 2.62. The molecule has 0 aromatic carbocycles. The molecule has 0 aliphatic heterocycles. The minimum atomic E-state index is 0.119. The second-order valence-corrected chi connectivity index (χ2v) is 3.70. The monoisotopic (exact) mass is 235 g/mol. The highest BCUT2D eigenvalue weighted by Gasteiger charge is 2.16. The van der Waals surface area contributed by atoms with E-state index in [9.17, 15) is 0 Å². The van der Waals surface area contributed by atoms with Crippen molar-refractivity contribution in [3.8, 4) is 0 Å². The summed E-state index contributed by atoms with van der Waals surface area (Å²) >= 11 is 0. The molecular weight excluding hydrogens is 218 g/mol. The lowest BCUT2D eigenvalue weighted by molar-refractivity contribution is 0.499. The van der Waals surface area contributed by atoms with Crippen molar-refractivity contribution < 1.29 is 0 Å². The summed E-state index contributed by atoms with van der Waals surface area (Å²) in [4.78, 5) is 4.27. The highest BCUT2D eigenvalue weighted by atomic mass is 15.3. The standard InChI is InChI=1S/C10H17N7/c1-3-11-8(9-6-13-16-15-9)5-10-12-7-14-17(10)4-2/h6-8,11H,3-5H2,1-2H3,(H,13,15,16). The lowest BCUT2D eigenvalue weighted by Gasteiger charge is -2.14. The molecule has 17 heavy (non-hydrogen) atoms. The molecular formula is C10H17N7. The smallest absolute Gasteiger partial charge is 0.138 e. The predicted octanol–water partition coefficient (Wildman–Crippen LogP) is 0.309. The van der Waals surface area contributed by atoms with Gasteiger partial charge in [0.2, 0.25) is 0 Å². The van der Waals surface area contributed by atoms with Crippen LogP contribution in [0.2, 0.25) is 0 Å². The van der Waals surface area contributed by atoms with E-state index >= 15 is 0 Å². The van der Waals surface area contributed by atoms with Gasteiger partial charge in [-0.2, -0.15) is 20.5 Å². The molecule has 2 aromatic heterocycles. The quantitative estimate of drug-likeness (QED) is 0.752. The Balaban J connectivity index is 2.13. The van der Waals surface area contributed by atoms with Crippen LogP contribution in [0.4, 0.5) is 0 Å². The highest BCUT2D eigenvalue weighted by molar-refractivity contribution is 5.04. The van der Waals surface area contributed by atoms with E-state index < -0.39 is 0 Å². The second kappa shape index (κ2) is 5.53. The minimum Gasteiger partial charge on any atom is -0.308 e. The fraction of sp³-hybridized carbons (Fsp3) is 0.600. The van der Waals surface area contributed by atoms with Gasteiger partial charge in [-0.05, 0) is 13.5 Å². The van der Waals surface area contributed by atoms with Crippen LogP contribution in [0.1, 0.15) is 31.4 Å². The van der Waals surface area contributed by atoms with Crippen LogP contribution in [0.25, 0.3) is 0 Å². The second-order valence-electron chi connectivity index (χ2n) is 3.70. The highest BCUT2D eigenvalue weighted by Crippen LogP contribution is 2.13. The normalized spacial score (nSPS) is 12.8. The number of likely N-dealkylation sites (N-methyl/N-ethyl adjacent to an activating group) is 1. The third kappa shape index (κ3) is 2.68. The van der Waals surface area contributed by atoms with Gasteiger partial charge in [0.25, 0.3) is 0 Å². The van der Waals surface area contributed by atoms with E-state index in [1.807, 2.05) is 4.68 Å². The van der Waals surface area contributed by atoms with Gasteiger partial charge in [-0.15, -0.1) is 0 Å². The molecule has 2 rings (SSSR count). The van der Waals surface area contributed by atoms with Crippen LogP contribution in [0, 0.1) is 0 Å². The van der Waals surface area contributed by atoms with Crippen molar-refractivity contribution in [3.05, 3.63) is 24.0 Å². The van der Waals surface area contributed by atoms with Crippen LogP contribution < -0.4 is 5.32 Å². The van der Waals surface area contributed by atoms with E-state index in [4.69, 9.17) is 0 Å². The topological polar surface area (TPSA) is 84.3 Å². The largest absolute Gasteiger partial charge is 0.308 e. The fourth-order valence-electron chi connectivity index (χ4n) is 1.80. The molecule has 2 aromatic rings. The number of H-pyrrole nitrogens is 1. The molecule has 0 fully saturated rings. The summed E-state index contributed by atoms with van der Waals surface area (Å²) in [6.45, 7) is 5.82. The molecule has 0 aliphatic carbocycles. The molecule has 7 heteroatoms. The van der Waals surface area contributed by atoms with Crippen LogP contribution in [0.5, 0.6) is 0 Å². The van der Waals surface area contributed by atoms with Gasteiger partial charge < -0.3 is 5.32 Å². The molecule has 2 N–H and O–H groups in total. The molecule has 0 saturated carbocycles. The molecule has 1 unspecified atom stereocenters. The first kappa shape index (κ1) is 11.7. The zero-order valence-corrected chi connectivity index (χ0v) is 10.1. The molecule has 2 heterocycles. The zero-order chi connectivity index (χ0) is 12.1. The van der Waals surface area contributed by atoms with Crippen molar-refractivity contribution in [3.63, 3.8) is 0 Å². The van der Waals surface area contributed by atoms with Gasteiger partial charge in [0.1, 0.15) is 12.2 Å². The summed E-state index contributed by atoms with van der Waals surface area (Å²) < 4.78 is 1.89. The number of hydrogen-bond acceptors (Lipinski definition) is 5. The average molecular weight is 235 g/mol. The molecule has 0 bridgehead atoms. The number of aromatic amines is 1. The first-order valence-corrected chi connectivity index (χ1v) is 5.80. The van der Waals surface area contributed by atoms with E-state index in [1.54, 1.807) is 12.5 Å². The fourth-order valence-corrected chi connectivity index (χ4v) is 1.80. The van der Waals surface area contributed by atoms with Gasteiger partial charge >= 0.3 is 0 Å². The first-order valence-electron chi connectivity index (χ1n) is 5.80. The number of rotatable bonds is 6. The van der Waals surface area contributed by atoms with Crippen molar-refractivity contribution >= 4 is 0 Å². The Bertz CT molecular complexity index is 433. The SMILES string of the molecule is CCNC(Cc1ncnn1CC)c1cn[nH]n1. The summed E-state index contributed by atoms with van der Waals surface area (Å²) in [5, 5.41) is 18.1. The van der Waals surface area contributed by atoms with Gasteiger partial charge in [0.15, 0.2) is 0 Å². The van der Waals surface area contributed by atoms with Gasteiger partial charge in [0.05, 0.1) is 17.9 Å².